The van der Waals surface area contributed by atoms with E-state index < -0.39 is 5.54 Å². The Morgan fingerprint density at radius 1 is 1.62 bits per heavy atom. The van der Waals surface area contributed by atoms with Gasteiger partial charge in [-0.2, -0.15) is 0 Å². The molecular formula is C10H19NO2. The molecule has 13 heavy (non-hydrogen) atoms. The number of hydrogen-bond acceptors (Lipinski definition) is 3. The van der Waals surface area contributed by atoms with Gasteiger partial charge >= 0.3 is 5.97 Å². The summed E-state index contributed by atoms with van der Waals surface area (Å²) in [6.07, 6.45) is 2.20. The van der Waals surface area contributed by atoms with Gasteiger partial charge in [-0.3, -0.25) is 4.79 Å². The Morgan fingerprint density at radius 3 is 2.46 bits per heavy atom. The van der Waals surface area contributed by atoms with Crippen molar-refractivity contribution >= 4 is 5.97 Å². The van der Waals surface area contributed by atoms with Crippen molar-refractivity contribution in [2.75, 3.05) is 13.7 Å². The van der Waals surface area contributed by atoms with Crippen LogP contribution in [0.5, 0.6) is 0 Å². The van der Waals surface area contributed by atoms with Crippen molar-refractivity contribution in [3.05, 3.63) is 0 Å². The highest BCUT2D eigenvalue weighted by molar-refractivity contribution is 5.82. The Bertz CT molecular complexity index is 211. The number of hydrogen-bond donors (Lipinski definition) is 1. The monoisotopic (exact) mass is 185 g/mol. The van der Waals surface area contributed by atoms with Crippen molar-refractivity contribution in [2.24, 2.45) is 5.41 Å². The molecule has 0 aliphatic heterocycles. The third kappa shape index (κ3) is 1.57. The number of rotatable bonds is 4. The van der Waals surface area contributed by atoms with Crippen LogP contribution in [-0.2, 0) is 9.53 Å². The minimum Gasteiger partial charge on any atom is -0.465 e. The van der Waals surface area contributed by atoms with E-state index in [4.69, 9.17) is 4.74 Å². The molecule has 0 spiro atoms. The number of likely N-dealkylation sites (N-methyl/N-ethyl adjacent to an activating group) is 1. The van der Waals surface area contributed by atoms with Gasteiger partial charge < -0.3 is 10.1 Å². The van der Waals surface area contributed by atoms with Crippen LogP contribution in [0.3, 0.4) is 0 Å². The first kappa shape index (κ1) is 10.5. The second-order valence-electron chi connectivity index (χ2n) is 4.16. The van der Waals surface area contributed by atoms with E-state index in [0.717, 1.165) is 12.8 Å². The molecule has 1 unspecified atom stereocenters. The van der Waals surface area contributed by atoms with Crippen molar-refractivity contribution in [1.82, 2.24) is 5.32 Å². The molecule has 0 bridgehead atoms. The van der Waals surface area contributed by atoms with Gasteiger partial charge in [0.15, 0.2) is 0 Å². The zero-order valence-corrected chi connectivity index (χ0v) is 8.94. The Balaban J connectivity index is 2.74. The summed E-state index contributed by atoms with van der Waals surface area (Å²) in [6, 6.07) is 0. The van der Waals surface area contributed by atoms with Crippen LogP contribution in [0.4, 0.5) is 0 Å². The van der Waals surface area contributed by atoms with Crippen LogP contribution in [0.1, 0.15) is 33.6 Å². The number of ether oxygens (including phenoxy) is 1. The van der Waals surface area contributed by atoms with Gasteiger partial charge in [-0.25, -0.2) is 0 Å². The van der Waals surface area contributed by atoms with E-state index in [9.17, 15) is 4.79 Å². The number of nitrogens with one attached hydrogen (secondary N) is 1. The maximum Gasteiger partial charge on any atom is 0.326 e. The van der Waals surface area contributed by atoms with Gasteiger partial charge in [-0.1, -0.05) is 6.92 Å². The molecule has 3 nitrogen and oxygen atoms in total. The van der Waals surface area contributed by atoms with Crippen molar-refractivity contribution in [1.29, 1.82) is 0 Å². The summed E-state index contributed by atoms with van der Waals surface area (Å²) >= 11 is 0. The van der Waals surface area contributed by atoms with Crippen LogP contribution in [0.2, 0.25) is 0 Å². The van der Waals surface area contributed by atoms with Crippen LogP contribution >= 0.6 is 0 Å². The minimum absolute atomic E-state index is 0.0913. The highest BCUT2D eigenvalue weighted by Gasteiger charge is 2.57. The fraction of sp³-hybridized carbons (Fsp3) is 0.900. The average Bonchev–Trinajstić information content (AvgIpc) is 2.84. The van der Waals surface area contributed by atoms with Crippen LogP contribution in [0.15, 0.2) is 0 Å². The predicted molar refractivity (Wildman–Crippen MR) is 51.4 cm³/mol. The number of carbonyl (C=O) groups is 1. The molecule has 1 aliphatic carbocycles. The standard InChI is InChI=1S/C10H19NO2/c1-5-13-8(12)10(3,11-4)9(2)6-7-9/h11H,5-7H2,1-4H3. The normalized spacial score (nSPS) is 23.4. The summed E-state index contributed by atoms with van der Waals surface area (Å²) in [5, 5.41) is 3.09. The van der Waals surface area contributed by atoms with Crippen LogP contribution in [0, 0.1) is 5.41 Å². The molecule has 1 aliphatic rings. The SMILES string of the molecule is CCOC(=O)C(C)(NC)C1(C)CC1. The molecule has 76 valence electrons. The second-order valence-corrected chi connectivity index (χ2v) is 4.16. The van der Waals surface area contributed by atoms with Gasteiger partial charge in [-0.05, 0) is 39.2 Å². The van der Waals surface area contributed by atoms with Crippen molar-refractivity contribution in [3.8, 4) is 0 Å². The summed E-state index contributed by atoms with van der Waals surface area (Å²) in [7, 11) is 1.82. The fourth-order valence-corrected chi connectivity index (χ4v) is 1.61. The van der Waals surface area contributed by atoms with Crippen LogP contribution in [0.25, 0.3) is 0 Å². The lowest BCUT2D eigenvalue weighted by atomic mass is 9.84. The smallest absolute Gasteiger partial charge is 0.326 e. The molecule has 0 aromatic carbocycles. The quantitative estimate of drug-likeness (QED) is 0.671. The van der Waals surface area contributed by atoms with Gasteiger partial charge in [-0.15, -0.1) is 0 Å². The second kappa shape index (κ2) is 3.29. The maximum atomic E-state index is 11.7. The third-order valence-electron chi connectivity index (χ3n) is 3.39. The van der Waals surface area contributed by atoms with E-state index in [2.05, 4.69) is 12.2 Å². The Labute approximate surface area is 79.8 Å². The lowest BCUT2D eigenvalue weighted by Crippen LogP contribution is -2.54. The van der Waals surface area contributed by atoms with E-state index in [1.165, 1.54) is 0 Å². The van der Waals surface area contributed by atoms with E-state index in [1.807, 2.05) is 20.9 Å². The average molecular weight is 185 g/mol. The van der Waals surface area contributed by atoms with Crippen LogP contribution < -0.4 is 5.32 Å². The first-order chi connectivity index (χ1) is 6.00. The molecule has 1 atom stereocenters. The fourth-order valence-electron chi connectivity index (χ4n) is 1.61. The molecule has 0 radical (unpaired) electrons. The van der Waals surface area contributed by atoms with Crippen molar-refractivity contribution in [3.63, 3.8) is 0 Å². The van der Waals surface area contributed by atoms with E-state index >= 15 is 0 Å². The van der Waals surface area contributed by atoms with E-state index in [1.54, 1.807) is 0 Å². The Kier molecular flexibility index (Phi) is 2.66. The molecule has 0 aromatic rings. The Hall–Kier alpha value is -0.570. The molecular weight excluding hydrogens is 166 g/mol. The topological polar surface area (TPSA) is 38.3 Å². The highest BCUT2D eigenvalue weighted by Crippen LogP contribution is 2.53. The summed E-state index contributed by atoms with van der Waals surface area (Å²) in [5.41, 5.74) is -0.420. The summed E-state index contributed by atoms with van der Waals surface area (Å²) in [4.78, 5) is 11.7. The highest BCUT2D eigenvalue weighted by atomic mass is 16.5. The van der Waals surface area contributed by atoms with Crippen molar-refractivity contribution in [2.45, 2.75) is 39.2 Å². The van der Waals surface area contributed by atoms with Gasteiger partial charge in [0.05, 0.1) is 6.61 Å². The number of esters is 1. The zero-order chi connectivity index (χ0) is 10.1. The predicted octanol–water partition coefficient (Wildman–Crippen LogP) is 1.33. The van der Waals surface area contributed by atoms with E-state index in [-0.39, 0.29) is 11.4 Å². The van der Waals surface area contributed by atoms with Crippen molar-refractivity contribution < 1.29 is 9.53 Å². The summed E-state index contributed by atoms with van der Waals surface area (Å²) in [5.74, 6) is -0.127. The zero-order valence-electron chi connectivity index (χ0n) is 8.94. The molecule has 1 rings (SSSR count). The molecule has 1 N–H and O–H groups in total. The maximum absolute atomic E-state index is 11.7. The molecule has 0 aromatic heterocycles. The van der Waals surface area contributed by atoms with Gasteiger partial charge in [0.2, 0.25) is 0 Å². The van der Waals surface area contributed by atoms with E-state index in [0.29, 0.717) is 6.61 Å². The Morgan fingerprint density at radius 2 is 2.15 bits per heavy atom. The van der Waals surface area contributed by atoms with Gasteiger partial charge in [0.1, 0.15) is 5.54 Å². The summed E-state index contributed by atoms with van der Waals surface area (Å²) in [6.45, 7) is 6.34. The largest absolute Gasteiger partial charge is 0.465 e. The first-order valence-electron chi connectivity index (χ1n) is 4.86. The first-order valence-corrected chi connectivity index (χ1v) is 4.86. The summed E-state index contributed by atoms with van der Waals surface area (Å²) < 4.78 is 5.06. The number of carbonyl (C=O) groups excluding carboxylic acids is 1. The molecule has 1 fully saturated rings. The molecule has 0 saturated heterocycles. The lowest BCUT2D eigenvalue weighted by molar-refractivity contribution is -0.153. The molecule has 1 saturated carbocycles. The molecule has 3 heteroatoms. The van der Waals surface area contributed by atoms with Crippen LogP contribution in [-0.4, -0.2) is 25.2 Å². The molecule has 0 heterocycles. The minimum atomic E-state index is -0.511. The van der Waals surface area contributed by atoms with Gasteiger partial charge in [0, 0.05) is 0 Å². The lowest BCUT2D eigenvalue weighted by Gasteiger charge is -2.33. The third-order valence-corrected chi connectivity index (χ3v) is 3.39. The van der Waals surface area contributed by atoms with Gasteiger partial charge in [0.25, 0.3) is 0 Å². The molecule has 0 amide bonds.